The molecule has 0 fully saturated rings. The number of aliphatic hydroxyl groups excluding tert-OH is 1. The minimum absolute atomic E-state index is 0.355. The highest BCUT2D eigenvalue weighted by molar-refractivity contribution is 6.32. The van der Waals surface area contributed by atoms with Crippen LogP contribution in [0.5, 0.6) is 0 Å². The Morgan fingerprint density at radius 3 is 2.84 bits per heavy atom. The first-order chi connectivity index (χ1) is 12.0. The van der Waals surface area contributed by atoms with E-state index in [4.69, 9.17) is 22.9 Å². The molecule has 0 spiro atoms. The van der Waals surface area contributed by atoms with Crippen LogP contribution in [0.25, 0.3) is 27.1 Å². The molecule has 1 N–H and O–H groups in total. The molecule has 0 aliphatic carbocycles. The molecule has 6 nitrogen and oxygen atoms in total. The van der Waals surface area contributed by atoms with Crippen LogP contribution in [0.2, 0.25) is 5.02 Å². The number of aromatic nitrogens is 3. The molecule has 25 heavy (non-hydrogen) atoms. The van der Waals surface area contributed by atoms with Crippen LogP contribution in [0.3, 0.4) is 0 Å². The van der Waals surface area contributed by atoms with Crippen LogP contribution in [-0.4, -0.2) is 33.3 Å². The van der Waals surface area contributed by atoms with Crippen molar-refractivity contribution in [2.45, 2.75) is 12.7 Å². The standard InChI is InChI=1S/C18H17ClN4O2/c1-20-5-4-11-6-12-13(18(24)25-3)7-16(17-9-21-10-23(17)2)22-15(12)8-14(11)19/h6-10,18,24H,4-5H2,2-3H3. The van der Waals surface area contributed by atoms with Crippen LogP contribution in [0.4, 0.5) is 0 Å². The van der Waals surface area contributed by atoms with Crippen molar-refractivity contribution in [3.05, 3.63) is 58.3 Å². The summed E-state index contributed by atoms with van der Waals surface area (Å²) in [5, 5.41) is 11.6. The van der Waals surface area contributed by atoms with Crippen molar-refractivity contribution >= 4 is 22.5 Å². The molecule has 0 amide bonds. The van der Waals surface area contributed by atoms with Gasteiger partial charge in [-0.3, -0.25) is 0 Å². The van der Waals surface area contributed by atoms with E-state index in [0.29, 0.717) is 34.8 Å². The van der Waals surface area contributed by atoms with Gasteiger partial charge < -0.3 is 19.3 Å². The second kappa shape index (κ2) is 7.19. The topological polar surface area (TPSA) is 64.5 Å². The predicted molar refractivity (Wildman–Crippen MR) is 96.1 cm³/mol. The molecule has 0 radical (unpaired) electrons. The number of aliphatic hydroxyl groups is 1. The lowest BCUT2D eigenvalue weighted by Gasteiger charge is -2.15. The fraction of sp³-hybridized carbons (Fsp3) is 0.278. The maximum atomic E-state index is 10.3. The van der Waals surface area contributed by atoms with Gasteiger partial charge in [0.1, 0.15) is 0 Å². The number of imidazole rings is 1. The van der Waals surface area contributed by atoms with Crippen LogP contribution in [0.1, 0.15) is 17.4 Å². The first kappa shape index (κ1) is 17.4. The van der Waals surface area contributed by atoms with Crippen molar-refractivity contribution in [2.24, 2.45) is 7.05 Å². The van der Waals surface area contributed by atoms with Gasteiger partial charge in [0.05, 0.1) is 29.4 Å². The van der Waals surface area contributed by atoms with Crippen molar-refractivity contribution < 1.29 is 9.84 Å². The van der Waals surface area contributed by atoms with Gasteiger partial charge in [0, 0.05) is 36.6 Å². The van der Waals surface area contributed by atoms with Gasteiger partial charge in [-0.05, 0) is 23.8 Å². The quantitative estimate of drug-likeness (QED) is 0.562. The van der Waals surface area contributed by atoms with Crippen molar-refractivity contribution in [1.29, 1.82) is 0 Å². The van der Waals surface area contributed by atoms with E-state index >= 15 is 0 Å². The number of pyridine rings is 1. The van der Waals surface area contributed by atoms with Crippen molar-refractivity contribution in [3.8, 4) is 11.4 Å². The molecule has 2 aromatic heterocycles. The minimum Gasteiger partial charge on any atom is -0.364 e. The molecule has 1 aromatic carbocycles. The van der Waals surface area contributed by atoms with Crippen LogP contribution < -0.4 is 0 Å². The summed E-state index contributed by atoms with van der Waals surface area (Å²) >= 11 is 6.36. The Labute approximate surface area is 150 Å². The zero-order chi connectivity index (χ0) is 18.0. The summed E-state index contributed by atoms with van der Waals surface area (Å²) in [6.07, 6.45) is 2.86. The third-order valence-corrected chi connectivity index (χ3v) is 4.42. The van der Waals surface area contributed by atoms with Crippen molar-refractivity contribution in [3.63, 3.8) is 0 Å². The van der Waals surface area contributed by atoms with Crippen molar-refractivity contribution in [2.75, 3.05) is 13.7 Å². The van der Waals surface area contributed by atoms with Crippen LogP contribution >= 0.6 is 11.6 Å². The van der Waals surface area contributed by atoms with Crippen LogP contribution in [-0.2, 0) is 18.2 Å². The lowest BCUT2D eigenvalue weighted by atomic mass is 10.0. The minimum atomic E-state index is -1.09. The van der Waals surface area contributed by atoms with E-state index in [1.807, 2.05) is 17.7 Å². The zero-order valence-corrected chi connectivity index (χ0v) is 14.7. The van der Waals surface area contributed by atoms with E-state index in [1.54, 1.807) is 24.7 Å². The van der Waals surface area contributed by atoms with E-state index < -0.39 is 6.29 Å². The van der Waals surface area contributed by atoms with E-state index in [9.17, 15) is 5.11 Å². The number of hydrogen-bond acceptors (Lipinski definition) is 4. The molecule has 0 saturated heterocycles. The molecular weight excluding hydrogens is 340 g/mol. The van der Waals surface area contributed by atoms with Gasteiger partial charge in [0.2, 0.25) is 6.54 Å². The van der Waals surface area contributed by atoms with E-state index in [2.05, 4.69) is 14.8 Å². The second-order valence-corrected chi connectivity index (χ2v) is 6.07. The number of benzene rings is 1. The maximum Gasteiger partial charge on any atom is 0.218 e. The number of nitrogens with zero attached hydrogens (tertiary/aromatic N) is 4. The number of aryl methyl sites for hydroxylation is 1. The molecule has 3 aromatic rings. The number of rotatable bonds is 5. The lowest BCUT2D eigenvalue weighted by Crippen LogP contribution is -2.04. The Hall–Kier alpha value is -2.46. The average Bonchev–Trinajstić information content (AvgIpc) is 3.04. The SMILES string of the molecule is [C-]#[N+]CCc1cc2c(C(O)OC)cc(-c3cncn3C)nc2cc1Cl. The molecule has 0 aliphatic heterocycles. The van der Waals surface area contributed by atoms with Gasteiger partial charge in [-0.1, -0.05) is 11.6 Å². The summed E-state index contributed by atoms with van der Waals surface area (Å²) < 4.78 is 6.97. The lowest BCUT2D eigenvalue weighted by molar-refractivity contribution is -0.0759. The fourth-order valence-corrected chi connectivity index (χ4v) is 3.01. The predicted octanol–water partition coefficient (Wildman–Crippen LogP) is 3.39. The maximum absolute atomic E-state index is 10.3. The summed E-state index contributed by atoms with van der Waals surface area (Å²) in [7, 11) is 3.32. The molecule has 7 heteroatoms. The van der Waals surface area contributed by atoms with E-state index in [1.165, 1.54) is 7.11 Å². The van der Waals surface area contributed by atoms with E-state index in [-0.39, 0.29) is 0 Å². The smallest absolute Gasteiger partial charge is 0.218 e. The van der Waals surface area contributed by atoms with Gasteiger partial charge in [-0.2, -0.15) is 0 Å². The monoisotopic (exact) mass is 356 g/mol. The fourth-order valence-electron chi connectivity index (χ4n) is 2.75. The molecule has 1 atom stereocenters. The van der Waals surface area contributed by atoms with Crippen LogP contribution in [0, 0.1) is 6.57 Å². The molecule has 0 aliphatic rings. The van der Waals surface area contributed by atoms with E-state index in [0.717, 1.165) is 16.6 Å². The highest BCUT2D eigenvalue weighted by Crippen LogP contribution is 2.32. The molecular formula is C18H17ClN4O2. The van der Waals surface area contributed by atoms with Crippen LogP contribution in [0.15, 0.2) is 30.7 Å². The van der Waals surface area contributed by atoms with Gasteiger partial charge in [0.15, 0.2) is 6.29 Å². The number of methoxy groups -OCH3 is 1. The number of ether oxygens (including phenoxy) is 1. The summed E-state index contributed by atoms with van der Waals surface area (Å²) in [6.45, 7) is 7.31. The summed E-state index contributed by atoms with van der Waals surface area (Å²) in [6, 6.07) is 5.43. The number of halogens is 1. The summed E-state index contributed by atoms with van der Waals surface area (Å²) in [5.41, 5.74) is 3.60. The Balaban J connectivity index is 2.24. The number of hydrogen-bond donors (Lipinski definition) is 1. The third kappa shape index (κ3) is 3.35. The molecule has 0 saturated carbocycles. The highest BCUT2D eigenvalue weighted by atomic mass is 35.5. The normalized spacial score (nSPS) is 12.3. The first-order valence-corrected chi connectivity index (χ1v) is 8.06. The molecule has 128 valence electrons. The molecule has 2 heterocycles. The van der Waals surface area contributed by atoms with Gasteiger partial charge in [-0.15, -0.1) is 0 Å². The second-order valence-electron chi connectivity index (χ2n) is 5.67. The average molecular weight is 357 g/mol. The Bertz CT molecular complexity index is 962. The summed E-state index contributed by atoms with van der Waals surface area (Å²) in [4.78, 5) is 12.2. The van der Waals surface area contributed by atoms with Gasteiger partial charge in [0.25, 0.3) is 0 Å². The third-order valence-electron chi connectivity index (χ3n) is 4.07. The first-order valence-electron chi connectivity index (χ1n) is 7.69. The Morgan fingerprint density at radius 2 is 2.20 bits per heavy atom. The molecule has 0 bridgehead atoms. The highest BCUT2D eigenvalue weighted by Gasteiger charge is 2.17. The van der Waals surface area contributed by atoms with Crippen molar-refractivity contribution in [1.82, 2.24) is 14.5 Å². The van der Waals surface area contributed by atoms with Gasteiger partial charge in [-0.25, -0.2) is 16.5 Å². The molecule has 1 unspecified atom stereocenters. The largest absolute Gasteiger partial charge is 0.364 e. The van der Waals surface area contributed by atoms with Gasteiger partial charge >= 0.3 is 0 Å². The Kier molecular flexibility index (Phi) is 5.00. The Morgan fingerprint density at radius 1 is 1.40 bits per heavy atom. The molecule has 3 rings (SSSR count). The summed E-state index contributed by atoms with van der Waals surface area (Å²) in [5.74, 6) is 0. The number of fused-ring (bicyclic) bond motifs is 1. The zero-order valence-electron chi connectivity index (χ0n) is 13.9.